The monoisotopic (exact) mass is 457 g/mol. The van der Waals surface area contributed by atoms with Crippen LogP contribution in [0, 0.1) is 5.41 Å². The molecule has 32 heavy (non-hydrogen) atoms. The van der Waals surface area contributed by atoms with Gasteiger partial charge in [-0.1, -0.05) is 0 Å². The molecular weight excluding hydrogens is 426 g/mol. The van der Waals surface area contributed by atoms with Crippen LogP contribution in [0.15, 0.2) is 0 Å². The van der Waals surface area contributed by atoms with E-state index in [9.17, 15) is 29.1 Å². The third kappa shape index (κ3) is 10.6. The molecule has 10 N–H and O–H groups in total. The van der Waals surface area contributed by atoms with Crippen LogP contribution in [0.25, 0.3) is 0 Å². The van der Waals surface area contributed by atoms with Crippen molar-refractivity contribution in [1.82, 2.24) is 26.6 Å². The molecule has 1 aliphatic heterocycles. The largest absolute Gasteiger partial charge is 0.481 e. The Balaban J connectivity index is 2.55. The maximum atomic E-state index is 12.4. The standard InChI is InChI=1S/C18H31N7O7/c19-18(20)22-8-2-4-12(17(31)32)24-13(26)9-23-15(29)11(5-6-14(27)28)25-16(30)10-3-1-7-21-10/h10-12,21H,1-9H2,(H,23,29)(H,24,26)(H,25,30)(H,27,28)(H,31,32)(H4,19,20,22)/t10-,11-,12-/m0/s1. The fraction of sp³-hybridized carbons (Fsp3) is 0.667. The summed E-state index contributed by atoms with van der Waals surface area (Å²) in [6.45, 7) is 0.377. The molecule has 3 atom stereocenters. The molecule has 1 aliphatic rings. The molecule has 0 aromatic carbocycles. The first-order chi connectivity index (χ1) is 15.1. The summed E-state index contributed by atoms with van der Waals surface area (Å²) in [4.78, 5) is 58.9. The van der Waals surface area contributed by atoms with Crippen molar-refractivity contribution in [2.75, 3.05) is 19.6 Å². The van der Waals surface area contributed by atoms with Gasteiger partial charge >= 0.3 is 11.9 Å². The van der Waals surface area contributed by atoms with Crippen molar-refractivity contribution in [3.63, 3.8) is 0 Å². The minimum Gasteiger partial charge on any atom is -0.481 e. The highest BCUT2D eigenvalue weighted by Crippen LogP contribution is 2.06. The molecule has 0 unspecified atom stereocenters. The van der Waals surface area contributed by atoms with E-state index in [1.54, 1.807) is 0 Å². The molecule has 0 saturated carbocycles. The van der Waals surface area contributed by atoms with Gasteiger partial charge in [0.1, 0.15) is 12.1 Å². The average molecular weight is 457 g/mol. The summed E-state index contributed by atoms with van der Waals surface area (Å²) >= 11 is 0. The van der Waals surface area contributed by atoms with E-state index in [0.29, 0.717) is 19.4 Å². The quantitative estimate of drug-likeness (QED) is 0.0729. The summed E-state index contributed by atoms with van der Waals surface area (Å²) < 4.78 is 0. The predicted octanol–water partition coefficient (Wildman–Crippen LogP) is -2.96. The van der Waals surface area contributed by atoms with Gasteiger partial charge in [-0.25, -0.2) is 4.79 Å². The average Bonchev–Trinajstić information content (AvgIpc) is 3.25. The van der Waals surface area contributed by atoms with Crippen LogP contribution in [0.2, 0.25) is 0 Å². The summed E-state index contributed by atoms with van der Waals surface area (Å²) in [7, 11) is 0. The molecule has 3 amide bonds. The second-order valence-electron chi connectivity index (χ2n) is 7.30. The molecule has 1 fully saturated rings. The van der Waals surface area contributed by atoms with Crippen LogP contribution >= 0.6 is 0 Å². The molecule has 0 aromatic heterocycles. The second kappa shape index (κ2) is 13.8. The van der Waals surface area contributed by atoms with Gasteiger partial charge < -0.3 is 42.5 Å². The van der Waals surface area contributed by atoms with Gasteiger partial charge in [0.15, 0.2) is 5.96 Å². The fourth-order valence-electron chi connectivity index (χ4n) is 3.04. The molecule has 180 valence electrons. The highest BCUT2D eigenvalue weighted by molar-refractivity contribution is 5.93. The summed E-state index contributed by atoms with van der Waals surface area (Å²) in [5.41, 5.74) is 5.13. The Hall–Kier alpha value is -3.42. The smallest absolute Gasteiger partial charge is 0.326 e. The van der Waals surface area contributed by atoms with Gasteiger partial charge in [0, 0.05) is 13.0 Å². The third-order valence-electron chi connectivity index (χ3n) is 4.70. The summed E-state index contributed by atoms with van der Waals surface area (Å²) in [5, 5.41) is 37.7. The number of carbonyl (C=O) groups excluding carboxylic acids is 3. The van der Waals surface area contributed by atoms with E-state index in [4.69, 9.17) is 16.2 Å². The predicted molar refractivity (Wildman–Crippen MR) is 112 cm³/mol. The van der Waals surface area contributed by atoms with Crippen LogP contribution in [-0.2, 0) is 24.0 Å². The second-order valence-corrected chi connectivity index (χ2v) is 7.30. The van der Waals surface area contributed by atoms with Gasteiger partial charge in [-0.15, -0.1) is 0 Å². The van der Waals surface area contributed by atoms with Gasteiger partial charge in [0.25, 0.3) is 0 Å². The number of carbonyl (C=O) groups is 5. The molecule has 1 heterocycles. The highest BCUT2D eigenvalue weighted by Gasteiger charge is 2.28. The lowest BCUT2D eigenvalue weighted by Crippen LogP contribution is -2.53. The van der Waals surface area contributed by atoms with Crippen LogP contribution < -0.4 is 32.3 Å². The number of rotatable bonds is 14. The normalized spacial score (nSPS) is 16.9. The first kappa shape index (κ1) is 26.6. The molecule has 14 heteroatoms. The van der Waals surface area contributed by atoms with E-state index >= 15 is 0 Å². The van der Waals surface area contributed by atoms with Crippen molar-refractivity contribution in [1.29, 1.82) is 5.41 Å². The molecule has 0 aromatic rings. The lowest BCUT2D eigenvalue weighted by atomic mass is 10.1. The Morgan fingerprint density at radius 3 is 2.34 bits per heavy atom. The van der Waals surface area contributed by atoms with Gasteiger partial charge in [-0.05, 0) is 38.6 Å². The molecule has 14 nitrogen and oxygen atoms in total. The van der Waals surface area contributed by atoms with E-state index in [-0.39, 0.29) is 31.8 Å². The first-order valence-corrected chi connectivity index (χ1v) is 10.2. The Kier molecular flexibility index (Phi) is 11.5. The van der Waals surface area contributed by atoms with E-state index in [1.807, 2.05) is 0 Å². The van der Waals surface area contributed by atoms with Gasteiger partial charge in [-0.3, -0.25) is 24.6 Å². The number of hydrogen-bond acceptors (Lipinski definition) is 7. The Labute approximate surface area is 184 Å². The Morgan fingerprint density at radius 1 is 1.06 bits per heavy atom. The van der Waals surface area contributed by atoms with Gasteiger partial charge in [0.05, 0.1) is 12.6 Å². The maximum Gasteiger partial charge on any atom is 0.326 e. The van der Waals surface area contributed by atoms with Gasteiger partial charge in [0.2, 0.25) is 17.7 Å². The number of amides is 3. The van der Waals surface area contributed by atoms with Crippen molar-refractivity contribution >= 4 is 35.6 Å². The maximum absolute atomic E-state index is 12.4. The minimum atomic E-state index is -1.26. The van der Waals surface area contributed by atoms with Crippen LogP contribution in [0.5, 0.6) is 0 Å². The van der Waals surface area contributed by atoms with Gasteiger partial charge in [-0.2, -0.15) is 0 Å². The van der Waals surface area contributed by atoms with Crippen molar-refractivity contribution in [2.24, 2.45) is 5.73 Å². The number of aliphatic carboxylic acids is 2. The van der Waals surface area contributed by atoms with Crippen molar-refractivity contribution in [3.8, 4) is 0 Å². The van der Waals surface area contributed by atoms with Crippen LogP contribution in [0.4, 0.5) is 0 Å². The molecule has 0 bridgehead atoms. The highest BCUT2D eigenvalue weighted by atomic mass is 16.4. The fourth-order valence-corrected chi connectivity index (χ4v) is 3.04. The number of guanidine groups is 1. The molecule has 0 radical (unpaired) electrons. The van der Waals surface area contributed by atoms with Crippen molar-refractivity contribution in [2.45, 2.75) is 56.7 Å². The molecule has 1 rings (SSSR count). The Bertz CT molecular complexity index is 710. The summed E-state index contributed by atoms with van der Waals surface area (Å²) in [6.07, 6.45) is 1.27. The third-order valence-corrected chi connectivity index (χ3v) is 4.70. The number of hydrogen-bond donors (Lipinski definition) is 9. The molecule has 1 saturated heterocycles. The van der Waals surface area contributed by atoms with E-state index in [1.165, 1.54) is 0 Å². The van der Waals surface area contributed by atoms with Crippen molar-refractivity contribution in [3.05, 3.63) is 0 Å². The Morgan fingerprint density at radius 2 is 1.78 bits per heavy atom. The lowest BCUT2D eigenvalue weighted by molar-refractivity contribution is -0.142. The van der Waals surface area contributed by atoms with E-state index in [2.05, 4.69) is 26.6 Å². The summed E-state index contributed by atoms with van der Waals surface area (Å²) in [5.74, 6) is -4.59. The van der Waals surface area contributed by atoms with Crippen LogP contribution in [0.1, 0.15) is 38.5 Å². The molecule has 0 aliphatic carbocycles. The number of nitrogens with one attached hydrogen (secondary N) is 6. The summed E-state index contributed by atoms with van der Waals surface area (Å²) in [6, 6.07) is -2.82. The zero-order valence-corrected chi connectivity index (χ0v) is 17.6. The van der Waals surface area contributed by atoms with E-state index < -0.39 is 54.3 Å². The molecular formula is C18H31N7O7. The van der Waals surface area contributed by atoms with Crippen LogP contribution in [0.3, 0.4) is 0 Å². The zero-order valence-electron chi connectivity index (χ0n) is 17.6. The topological polar surface area (TPSA) is 236 Å². The lowest BCUT2D eigenvalue weighted by Gasteiger charge is -2.20. The zero-order chi connectivity index (χ0) is 24.1. The van der Waals surface area contributed by atoms with E-state index in [0.717, 1.165) is 6.42 Å². The first-order valence-electron chi connectivity index (χ1n) is 10.2. The number of carboxylic acid groups (broad SMARTS) is 2. The molecule has 0 spiro atoms. The number of nitrogens with two attached hydrogens (primary N) is 1. The minimum absolute atomic E-state index is 0.0704. The van der Waals surface area contributed by atoms with Crippen LogP contribution in [-0.4, -0.2) is 83.6 Å². The van der Waals surface area contributed by atoms with Crippen molar-refractivity contribution < 1.29 is 34.2 Å². The SMILES string of the molecule is N=C(N)NCCC[C@H](NC(=O)CNC(=O)[C@H](CCC(=O)O)NC(=O)[C@@H]1CCCN1)C(=O)O. The number of carboxylic acids is 2.